The van der Waals surface area contributed by atoms with Crippen molar-refractivity contribution < 1.29 is 13.2 Å². The quantitative estimate of drug-likeness (QED) is 0.432. The van der Waals surface area contributed by atoms with Gasteiger partial charge in [-0.2, -0.15) is 4.31 Å². The van der Waals surface area contributed by atoms with E-state index in [0.717, 1.165) is 0 Å². The SMILES string of the molecule is CCOCCN(C)S(=O)(=O)c1ccc(NN)cc1. The van der Waals surface area contributed by atoms with E-state index in [1.807, 2.05) is 6.92 Å². The van der Waals surface area contributed by atoms with E-state index in [1.54, 1.807) is 12.1 Å². The fourth-order valence-electron chi connectivity index (χ4n) is 1.36. The molecule has 0 aliphatic heterocycles. The Labute approximate surface area is 108 Å². The monoisotopic (exact) mass is 273 g/mol. The summed E-state index contributed by atoms with van der Waals surface area (Å²) < 4.78 is 30.7. The largest absolute Gasteiger partial charge is 0.380 e. The molecule has 102 valence electrons. The third-order valence-corrected chi connectivity index (χ3v) is 4.35. The van der Waals surface area contributed by atoms with Crippen molar-refractivity contribution in [2.75, 3.05) is 32.2 Å². The molecule has 0 saturated carbocycles. The van der Waals surface area contributed by atoms with Crippen molar-refractivity contribution in [3.63, 3.8) is 0 Å². The van der Waals surface area contributed by atoms with Crippen LogP contribution in [0.25, 0.3) is 0 Å². The molecule has 0 radical (unpaired) electrons. The molecule has 1 rings (SSSR count). The fraction of sp³-hybridized carbons (Fsp3) is 0.455. The molecule has 0 saturated heterocycles. The number of nitrogens with one attached hydrogen (secondary N) is 1. The molecule has 7 heteroatoms. The van der Waals surface area contributed by atoms with Gasteiger partial charge in [-0.15, -0.1) is 0 Å². The third-order valence-electron chi connectivity index (χ3n) is 2.48. The van der Waals surface area contributed by atoms with Gasteiger partial charge in [0.1, 0.15) is 0 Å². The highest BCUT2D eigenvalue weighted by Gasteiger charge is 2.19. The van der Waals surface area contributed by atoms with Crippen LogP contribution < -0.4 is 11.3 Å². The standard InChI is InChI=1S/C11H19N3O3S/c1-3-17-9-8-14(2)18(15,16)11-6-4-10(13-12)5-7-11/h4-7,13H,3,8-9,12H2,1-2H3. The minimum absolute atomic E-state index is 0.237. The summed E-state index contributed by atoms with van der Waals surface area (Å²) in [6, 6.07) is 6.26. The van der Waals surface area contributed by atoms with E-state index < -0.39 is 10.0 Å². The highest BCUT2D eigenvalue weighted by atomic mass is 32.2. The zero-order chi connectivity index (χ0) is 13.6. The number of anilines is 1. The average Bonchev–Trinajstić information content (AvgIpc) is 2.39. The molecule has 0 aromatic heterocycles. The Morgan fingerprint density at radius 1 is 1.33 bits per heavy atom. The van der Waals surface area contributed by atoms with E-state index >= 15 is 0 Å². The maximum atomic E-state index is 12.1. The van der Waals surface area contributed by atoms with Crippen LogP contribution in [0.1, 0.15) is 6.92 Å². The minimum atomic E-state index is -3.46. The minimum Gasteiger partial charge on any atom is -0.380 e. The van der Waals surface area contributed by atoms with Crippen LogP contribution >= 0.6 is 0 Å². The van der Waals surface area contributed by atoms with Gasteiger partial charge in [-0.05, 0) is 31.2 Å². The molecule has 0 aliphatic carbocycles. The Morgan fingerprint density at radius 2 is 1.94 bits per heavy atom. The first-order valence-electron chi connectivity index (χ1n) is 5.63. The number of rotatable bonds is 7. The molecule has 6 nitrogen and oxygen atoms in total. The zero-order valence-corrected chi connectivity index (χ0v) is 11.4. The second-order valence-electron chi connectivity index (χ2n) is 3.69. The van der Waals surface area contributed by atoms with Crippen molar-refractivity contribution in [3.8, 4) is 0 Å². The average molecular weight is 273 g/mol. The van der Waals surface area contributed by atoms with Crippen molar-refractivity contribution >= 4 is 15.7 Å². The first kappa shape index (κ1) is 14.9. The van der Waals surface area contributed by atoms with Gasteiger partial charge >= 0.3 is 0 Å². The van der Waals surface area contributed by atoms with Crippen LogP contribution in [-0.2, 0) is 14.8 Å². The Bertz CT molecular complexity index is 459. The molecule has 0 amide bonds. The van der Waals surface area contributed by atoms with Gasteiger partial charge in [-0.3, -0.25) is 5.84 Å². The number of sulfonamides is 1. The van der Waals surface area contributed by atoms with Crippen LogP contribution in [0.4, 0.5) is 5.69 Å². The fourth-order valence-corrected chi connectivity index (χ4v) is 2.52. The van der Waals surface area contributed by atoms with Crippen molar-refractivity contribution in [1.82, 2.24) is 4.31 Å². The van der Waals surface area contributed by atoms with Gasteiger partial charge in [0.2, 0.25) is 10.0 Å². The first-order chi connectivity index (χ1) is 8.52. The van der Waals surface area contributed by atoms with Gasteiger partial charge < -0.3 is 10.2 Å². The first-order valence-corrected chi connectivity index (χ1v) is 7.07. The Morgan fingerprint density at radius 3 is 2.44 bits per heavy atom. The highest BCUT2D eigenvalue weighted by Crippen LogP contribution is 2.16. The molecule has 1 aromatic carbocycles. The van der Waals surface area contributed by atoms with E-state index in [9.17, 15) is 8.42 Å². The summed E-state index contributed by atoms with van der Waals surface area (Å²) in [6.07, 6.45) is 0. The number of hydrazine groups is 1. The van der Waals surface area contributed by atoms with Gasteiger partial charge in [0.25, 0.3) is 0 Å². The Kier molecular flexibility index (Phi) is 5.54. The summed E-state index contributed by atoms with van der Waals surface area (Å²) in [5, 5.41) is 0. The molecular formula is C11H19N3O3S. The summed E-state index contributed by atoms with van der Waals surface area (Å²) in [5.74, 6) is 5.22. The third kappa shape index (κ3) is 3.67. The summed E-state index contributed by atoms with van der Waals surface area (Å²) in [6.45, 7) is 3.15. The number of nitrogens with two attached hydrogens (primary N) is 1. The number of hydrogen-bond donors (Lipinski definition) is 2. The summed E-state index contributed by atoms with van der Waals surface area (Å²) >= 11 is 0. The number of nitrogen functional groups attached to an aromatic ring is 1. The van der Waals surface area contributed by atoms with Gasteiger partial charge in [0.05, 0.1) is 11.5 Å². The molecule has 0 bridgehead atoms. The number of ether oxygens (including phenoxy) is 1. The molecular weight excluding hydrogens is 254 g/mol. The lowest BCUT2D eigenvalue weighted by atomic mass is 10.3. The van der Waals surface area contributed by atoms with Gasteiger partial charge in [-0.1, -0.05) is 0 Å². The van der Waals surface area contributed by atoms with Crippen molar-refractivity contribution in [2.24, 2.45) is 5.84 Å². The second kappa shape index (κ2) is 6.69. The summed E-state index contributed by atoms with van der Waals surface area (Å²) in [7, 11) is -1.93. The molecule has 0 spiro atoms. The van der Waals surface area contributed by atoms with E-state index in [0.29, 0.717) is 25.4 Å². The predicted octanol–water partition coefficient (Wildman–Crippen LogP) is 0.629. The number of benzene rings is 1. The van der Waals surface area contributed by atoms with E-state index in [-0.39, 0.29) is 4.90 Å². The van der Waals surface area contributed by atoms with Crippen molar-refractivity contribution in [2.45, 2.75) is 11.8 Å². The van der Waals surface area contributed by atoms with E-state index in [4.69, 9.17) is 10.6 Å². The van der Waals surface area contributed by atoms with E-state index in [1.165, 1.54) is 23.5 Å². The molecule has 3 N–H and O–H groups in total. The number of likely N-dealkylation sites (N-methyl/N-ethyl adjacent to an activating group) is 1. The van der Waals surface area contributed by atoms with Crippen molar-refractivity contribution in [3.05, 3.63) is 24.3 Å². The van der Waals surface area contributed by atoms with Gasteiger partial charge in [-0.25, -0.2) is 8.42 Å². The smallest absolute Gasteiger partial charge is 0.242 e. The van der Waals surface area contributed by atoms with Crippen LogP contribution in [0.3, 0.4) is 0 Å². The maximum absolute atomic E-state index is 12.1. The number of hydrogen-bond acceptors (Lipinski definition) is 5. The molecule has 0 aliphatic rings. The van der Waals surface area contributed by atoms with Gasteiger partial charge in [0, 0.05) is 25.9 Å². The topological polar surface area (TPSA) is 84.7 Å². The predicted molar refractivity (Wildman–Crippen MR) is 70.6 cm³/mol. The van der Waals surface area contributed by atoms with Crippen LogP contribution in [-0.4, -0.2) is 39.5 Å². The lowest BCUT2D eigenvalue weighted by Gasteiger charge is -2.17. The molecule has 0 heterocycles. The number of nitrogens with zero attached hydrogens (tertiary/aromatic N) is 1. The molecule has 18 heavy (non-hydrogen) atoms. The summed E-state index contributed by atoms with van der Waals surface area (Å²) in [5.41, 5.74) is 3.11. The van der Waals surface area contributed by atoms with Crippen LogP contribution in [0.15, 0.2) is 29.2 Å². The second-order valence-corrected chi connectivity index (χ2v) is 5.74. The van der Waals surface area contributed by atoms with Crippen LogP contribution in [0.2, 0.25) is 0 Å². The lowest BCUT2D eigenvalue weighted by Crippen LogP contribution is -2.30. The maximum Gasteiger partial charge on any atom is 0.242 e. The highest BCUT2D eigenvalue weighted by molar-refractivity contribution is 7.89. The Balaban J connectivity index is 2.77. The molecule has 1 aromatic rings. The molecule has 0 fully saturated rings. The molecule has 0 unspecified atom stereocenters. The lowest BCUT2D eigenvalue weighted by molar-refractivity contribution is 0.138. The molecule has 0 atom stereocenters. The normalized spacial score (nSPS) is 11.8. The Hall–Kier alpha value is -1.15. The zero-order valence-electron chi connectivity index (χ0n) is 10.6. The summed E-state index contributed by atoms with van der Waals surface area (Å²) in [4.78, 5) is 0.237. The van der Waals surface area contributed by atoms with E-state index in [2.05, 4.69) is 5.43 Å². The van der Waals surface area contributed by atoms with Gasteiger partial charge in [0.15, 0.2) is 0 Å². The van der Waals surface area contributed by atoms with Crippen LogP contribution in [0, 0.1) is 0 Å². The van der Waals surface area contributed by atoms with Crippen LogP contribution in [0.5, 0.6) is 0 Å². The van der Waals surface area contributed by atoms with Crippen molar-refractivity contribution in [1.29, 1.82) is 0 Å².